The average molecular weight is 193 g/mol. The van der Waals surface area contributed by atoms with Gasteiger partial charge < -0.3 is 5.73 Å². The number of benzene rings is 1. The Morgan fingerprint density at radius 1 is 1.38 bits per heavy atom. The van der Waals surface area contributed by atoms with Gasteiger partial charge in [0.15, 0.2) is 0 Å². The number of rotatable bonds is 1. The van der Waals surface area contributed by atoms with Crippen molar-refractivity contribution >= 4 is 11.8 Å². The summed E-state index contributed by atoms with van der Waals surface area (Å²) in [5, 5.41) is 0. The van der Waals surface area contributed by atoms with Gasteiger partial charge in [0.1, 0.15) is 0 Å². The molecule has 2 rings (SSSR count). The lowest BCUT2D eigenvalue weighted by molar-refractivity contribution is 0.575. The van der Waals surface area contributed by atoms with Crippen molar-refractivity contribution in [3.8, 4) is 0 Å². The van der Waals surface area contributed by atoms with Crippen LogP contribution in [0.2, 0.25) is 0 Å². The molecule has 0 saturated heterocycles. The van der Waals surface area contributed by atoms with Gasteiger partial charge in [0.25, 0.3) is 0 Å². The molecule has 13 heavy (non-hydrogen) atoms. The summed E-state index contributed by atoms with van der Waals surface area (Å²) in [4.78, 5) is 1.37. The Kier molecular flexibility index (Phi) is 2.61. The fourth-order valence-electron chi connectivity index (χ4n) is 1.89. The SMILES string of the molecule is CSc1ccc2c(c1)CC[C@H](N)C2. The summed E-state index contributed by atoms with van der Waals surface area (Å²) >= 11 is 1.81. The predicted octanol–water partition coefficient (Wildman–Crippen LogP) is 2.22. The second-order valence-electron chi connectivity index (χ2n) is 3.64. The van der Waals surface area contributed by atoms with Gasteiger partial charge in [0.2, 0.25) is 0 Å². The van der Waals surface area contributed by atoms with E-state index in [1.165, 1.54) is 16.0 Å². The highest BCUT2D eigenvalue weighted by molar-refractivity contribution is 7.98. The standard InChI is InChI=1S/C11H15NS/c1-13-11-5-3-8-6-10(12)4-2-9(8)7-11/h3,5,7,10H,2,4,6,12H2,1H3/t10-/m0/s1. The minimum Gasteiger partial charge on any atom is -0.327 e. The zero-order valence-electron chi connectivity index (χ0n) is 7.92. The number of hydrogen-bond acceptors (Lipinski definition) is 2. The molecule has 70 valence electrons. The van der Waals surface area contributed by atoms with E-state index in [0.29, 0.717) is 6.04 Å². The summed E-state index contributed by atoms with van der Waals surface area (Å²) in [7, 11) is 0. The Balaban J connectivity index is 2.31. The summed E-state index contributed by atoms with van der Waals surface area (Å²) < 4.78 is 0. The van der Waals surface area contributed by atoms with Gasteiger partial charge in [-0.2, -0.15) is 0 Å². The molecule has 0 fully saturated rings. The third-order valence-electron chi connectivity index (χ3n) is 2.68. The Bertz CT molecular complexity index is 309. The third kappa shape index (κ3) is 1.89. The van der Waals surface area contributed by atoms with Gasteiger partial charge in [-0.05, 0) is 48.8 Å². The molecule has 1 atom stereocenters. The molecule has 1 aliphatic carbocycles. The fourth-order valence-corrected chi connectivity index (χ4v) is 2.35. The van der Waals surface area contributed by atoms with Crippen LogP contribution in [0.25, 0.3) is 0 Å². The lowest BCUT2D eigenvalue weighted by atomic mass is 9.89. The van der Waals surface area contributed by atoms with Gasteiger partial charge in [0, 0.05) is 10.9 Å². The Morgan fingerprint density at radius 3 is 3.00 bits per heavy atom. The van der Waals surface area contributed by atoms with Crippen molar-refractivity contribution in [3.63, 3.8) is 0 Å². The molecule has 0 saturated carbocycles. The smallest absolute Gasteiger partial charge is 0.00825 e. The molecule has 2 heteroatoms. The van der Waals surface area contributed by atoms with Crippen LogP contribution in [-0.2, 0) is 12.8 Å². The zero-order valence-corrected chi connectivity index (χ0v) is 8.73. The topological polar surface area (TPSA) is 26.0 Å². The van der Waals surface area contributed by atoms with Gasteiger partial charge in [-0.1, -0.05) is 6.07 Å². The Hall–Kier alpha value is -0.470. The maximum Gasteiger partial charge on any atom is 0.00825 e. The highest BCUT2D eigenvalue weighted by Gasteiger charge is 2.14. The van der Waals surface area contributed by atoms with E-state index in [9.17, 15) is 0 Å². The molecule has 0 amide bonds. The van der Waals surface area contributed by atoms with E-state index in [2.05, 4.69) is 24.5 Å². The molecule has 0 aliphatic heterocycles. The van der Waals surface area contributed by atoms with Crippen LogP contribution in [-0.4, -0.2) is 12.3 Å². The first kappa shape index (κ1) is 9.10. The van der Waals surface area contributed by atoms with Crippen LogP contribution in [0.1, 0.15) is 17.5 Å². The van der Waals surface area contributed by atoms with Crippen molar-refractivity contribution in [2.75, 3.05) is 6.26 Å². The minimum absolute atomic E-state index is 0.382. The lowest BCUT2D eigenvalue weighted by Gasteiger charge is -2.21. The first-order valence-electron chi connectivity index (χ1n) is 4.71. The second-order valence-corrected chi connectivity index (χ2v) is 4.52. The molecule has 0 aromatic heterocycles. The second kappa shape index (κ2) is 3.72. The van der Waals surface area contributed by atoms with E-state index in [0.717, 1.165) is 19.3 Å². The van der Waals surface area contributed by atoms with Crippen LogP contribution < -0.4 is 5.73 Å². The molecule has 1 aliphatic rings. The van der Waals surface area contributed by atoms with Crippen LogP contribution in [0, 0.1) is 0 Å². The number of hydrogen-bond donors (Lipinski definition) is 1. The molecule has 0 bridgehead atoms. The van der Waals surface area contributed by atoms with E-state index < -0.39 is 0 Å². The summed E-state index contributed by atoms with van der Waals surface area (Å²) in [6, 6.07) is 7.13. The number of nitrogens with two attached hydrogens (primary N) is 1. The van der Waals surface area contributed by atoms with Gasteiger partial charge in [-0.15, -0.1) is 11.8 Å². The maximum absolute atomic E-state index is 5.91. The van der Waals surface area contributed by atoms with E-state index in [1.807, 2.05) is 11.8 Å². The van der Waals surface area contributed by atoms with Crippen LogP contribution in [0.4, 0.5) is 0 Å². The molecule has 0 radical (unpaired) electrons. The quantitative estimate of drug-likeness (QED) is 0.692. The molecule has 1 nitrogen and oxygen atoms in total. The van der Waals surface area contributed by atoms with Crippen molar-refractivity contribution < 1.29 is 0 Å². The summed E-state index contributed by atoms with van der Waals surface area (Å²) in [6.07, 6.45) is 5.48. The molecular formula is C11H15NS. The van der Waals surface area contributed by atoms with E-state index in [-0.39, 0.29) is 0 Å². The number of fused-ring (bicyclic) bond motifs is 1. The van der Waals surface area contributed by atoms with Gasteiger partial charge in [-0.3, -0.25) is 0 Å². The van der Waals surface area contributed by atoms with Crippen LogP contribution in [0.15, 0.2) is 23.1 Å². The molecule has 1 aromatic rings. The van der Waals surface area contributed by atoms with Gasteiger partial charge in [-0.25, -0.2) is 0 Å². The number of aryl methyl sites for hydroxylation is 1. The molecule has 1 aromatic carbocycles. The first-order chi connectivity index (χ1) is 6.29. The zero-order chi connectivity index (χ0) is 9.26. The molecule has 0 heterocycles. The maximum atomic E-state index is 5.91. The van der Waals surface area contributed by atoms with Crippen molar-refractivity contribution in [3.05, 3.63) is 29.3 Å². The lowest BCUT2D eigenvalue weighted by Crippen LogP contribution is -2.27. The minimum atomic E-state index is 0.382. The Labute approximate surface area is 83.7 Å². The van der Waals surface area contributed by atoms with Crippen LogP contribution in [0.3, 0.4) is 0 Å². The van der Waals surface area contributed by atoms with Crippen LogP contribution >= 0.6 is 11.8 Å². The van der Waals surface area contributed by atoms with Gasteiger partial charge in [0.05, 0.1) is 0 Å². The molecule has 2 N–H and O–H groups in total. The fraction of sp³-hybridized carbons (Fsp3) is 0.455. The number of thioether (sulfide) groups is 1. The summed E-state index contributed by atoms with van der Waals surface area (Å²) in [6.45, 7) is 0. The normalized spacial score (nSPS) is 21.2. The third-order valence-corrected chi connectivity index (χ3v) is 3.41. The van der Waals surface area contributed by atoms with Crippen molar-refractivity contribution in [1.29, 1.82) is 0 Å². The van der Waals surface area contributed by atoms with E-state index in [4.69, 9.17) is 5.73 Å². The largest absolute Gasteiger partial charge is 0.327 e. The van der Waals surface area contributed by atoms with E-state index >= 15 is 0 Å². The molecule has 0 unspecified atom stereocenters. The predicted molar refractivity (Wildman–Crippen MR) is 58.2 cm³/mol. The summed E-state index contributed by atoms with van der Waals surface area (Å²) in [5.74, 6) is 0. The molecular weight excluding hydrogens is 178 g/mol. The monoisotopic (exact) mass is 193 g/mol. The summed E-state index contributed by atoms with van der Waals surface area (Å²) in [5.41, 5.74) is 8.88. The van der Waals surface area contributed by atoms with Crippen LogP contribution in [0.5, 0.6) is 0 Å². The Morgan fingerprint density at radius 2 is 2.23 bits per heavy atom. The molecule has 0 spiro atoms. The van der Waals surface area contributed by atoms with Crippen molar-refractivity contribution in [2.45, 2.75) is 30.2 Å². The van der Waals surface area contributed by atoms with Crippen molar-refractivity contribution in [1.82, 2.24) is 0 Å². The highest BCUT2D eigenvalue weighted by Crippen LogP contribution is 2.25. The van der Waals surface area contributed by atoms with Gasteiger partial charge >= 0.3 is 0 Å². The highest BCUT2D eigenvalue weighted by atomic mass is 32.2. The first-order valence-corrected chi connectivity index (χ1v) is 5.93. The average Bonchev–Trinajstić information content (AvgIpc) is 2.17. The van der Waals surface area contributed by atoms with Crippen molar-refractivity contribution in [2.24, 2.45) is 5.73 Å². The van der Waals surface area contributed by atoms with E-state index in [1.54, 1.807) is 0 Å².